The molecule has 1 nitrogen and oxygen atoms in total. The van der Waals surface area contributed by atoms with Gasteiger partial charge in [0.1, 0.15) is 5.82 Å². The van der Waals surface area contributed by atoms with Crippen LogP contribution in [-0.4, -0.2) is 0 Å². The predicted molar refractivity (Wildman–Crippen MR) is 76.6 cm³/mol. The summed E-state index contributed by atoms with van der Waals surface area (Å²) in [6, 6.07) is 10.2. The fourth-order valence-corrected chi connectivity index (χ4v) is 2.92. The Morgan fingerprint density at radius 3 is 2.72 bits per heavy atom. The molecule has 2 aromatic carbocycles. The molecule has 0 spiro atoms. The van der Waals surface area contributed by atoms with Gasteiger partial charge >= 0.3 is 0 Å². The first-order valence-corrected chi connectivity index (χ1v) is 6.85. The average Bonchev–Trinajstić information content (AvgIpc) is 2.32. The number of benzene rings is 2. The summed E-state index contributed by atoms with van der Waals surface area (Å²) in [5, 5.41) is 0.633. The molecule has 0 saturated carbocycles. The lowest BCUT2D eigenvalue weighted by atomic mass is 10.1. The number of halogens is 2. The Morgan fingerprint density at radius 2 is 2.00 bits per heavy atom. The van der Waals surface area contributed by atoms with Gasteiger partial charge in [0.15, 0.2) is 0 Å². The summed E-state index contributed by atoms with van der Waals surface area (Å²) in [6.45, 7) is 1.97. The minimum Gasteiger partial charge on any atom is -0.399 e. The molecule has 4 heteroatoms. The number of nitrogens with two attached hydrogens (primary N) is 1. The Bertz CT molecular complexity index is 572. The number of nitrogen functional groups attached to an aromatic ring is 1. The molecule has 0 aliphatic heterocycles. The number of hydrogen-bond acceptors (Lipinski definition) is 2. The molecule has 0 amide bonds. The van der Waals surface area contributed by atoms with Gasteiger partial charge in [-0.1, -0.05) is 17.7 Å². The van der Waals surface area contributed by atoms with Crippen LogP contribution in [0.5, 0.6) is 0 Å². The van der Waals surface area contributed by atoms with Crippen LogP contribution in [0.2, 0.25) is 5.02 Å². The van der Waals surface area contributed by atoms with Gasteiger partial charge in [-0.05, 0) is 48.4 Å². The zero-order valence-electron chi connectivity index (χ0n) is 9.91. The number of thioether (sulfide) groups is 1. The normalized spacial score (nSPS) is 10.6. The first-order valence-electron chi connectivity index (χ1n) is 5.49. The monoisotopic (exact) mass is 281 g/mol. The summed E-state index contributed by atoms with van der Waals surface area (Å²) in [4.78, 5) is 0.953. The summed E-state index contributed by atoms with van der Waals surface area (Å²) < 4.78 is 13.2. The van der Waals surface area contributed by atoms with Crippen molar-refractivity contribution in [2.24, 2.45) is 0 Å². The fraction of sp³-hybridized carbons (Fsp3) is 0.143. The highest BCUT2D eigenvalue weighted by Gasteiger charge is 2.05. The van der Waals surface area contributed by atoms with E-state index in [2.05, 4.69) is 0 Å². The molecule has 2 aromatic rings. The molecule has 2 N–H and O–H groups in total. The average molecular weight is 282 g/mol. The Morgan fingerprint density at radius 1 is 1.22 bits per heavy atom. The molecule has 18 heavy (non-hydrogen) atoms. The van der Waals surface area contributed by atoms with Crippen molar-refractivity contribution in [2.75, 3.05) is 5.73 Å². The lowest BCUT2D eigenvalue weighted by Crippen LogP contribution is -1.89. The quantitative estimate of drug-likeness (QED) is 0.654. The van der Waals surface area contributed by atoms with E-state index < -0.39 is 0 Å². The van der Waals surface area contributed by atoms with E-state index >= 15 is 0 Å². The van der Waals surface area contributed by atoms with Crippen molar-refractivity contribution in [1.29, 1.82) is 0 Å². The van der Waals surface area contributed by atoms with Gasteiger partial charge in [0.25, 0.3) is 0 Å². The molecule has 0 saturated heterocycles. The molecule has 0 radical (unpaired) electrons. The van der Waals surface area contributed by atoms with Gasteiger partial charge in [0.2, 0.25) is 0 Å². The van der Waals surface area contributed by atoms with Crippen LogP contribution in [0.4, 0.5) is 10.1 Å². The van der Waals surface area contributed by atoms with Crippen LogP contribution in [-0.2, 0) is 5.75 Å². The largest absolute Gasteiger partial charge is 0.399 e. The first-order chi connectivity index (χ1) is 8.56. The number of hydrogen-bond donors (Lipinski definition) is 1. The molecular weight excluding hydrogens is 269 g/mol. The van der Waals surface area contributed by atoms with Crippen LogP contribution in [0.3, 0.4) is 0 Å². The van der Waals surface area contributed by atoms with Crippen LogP contribution in [0.1, 0.15) is 11.1 Å². The third kappa shape index (κ3) is 3.18. The van der Waals surface area contributed by atoms with Crippen LogP contribution >= 0.6 is 23.4 Å². The summed E-state index contributed by atoms with van der Waals surface area (Å²) in [7, 11) is 0. The Balaban J connectivity index is 2.13. The summed E-state index contributed by atoms with van der Waals surface area (Å²) >= 11 is 7.67. The Labute approximate surface area is 115 Å². The Hall–Kier alpha value is -1.19. The van der Waals surface area contributed by atoms with Gasteiger partial charge in [-0.3, -0.25) is 0 Å². The van der Waals surface area contributed by atoms with Crippen molar-refractivity contribution in [1.82, 2.24) is 0 Å². The van der Waals surface area contributed by atoms with Crippen LogP contribution < -0.4 is 5.73 Å². The highest BCUT2D eigenvalue weighted by molar-refractivity contribution is 7.98. The molecule has 0 fully saturated rings. The zero-order valence-corrected chi connectivity index (χ0v) is 11.5. The third-order valence-corrected chi connectivity index (χ3v) is 4.20. The predicted octanol–water partition coefficient (Wildman–Crippen LogP) is 4.66. The maximum absolute atomic E-state index is 13.2. The highest BCUT2D eigenvalue weighted by Crippen LogP contribution is 2.31. The van der Waals surface area contributed by atoms with Gasteiger partial charge in [-0.15, -0.1) is 11.8 Å². The molecule has 0 aromatic heterocycles. The van der Waals surface area contributed by atoms with E-state index in [0.29, 0.717) is 16.5 Å². The second kappa shape index (κ2) is 5.63. The van der Waals surface area contributed by atoms with E-state index in [1.54, 1.807) is 30.0 Å². The van der Waals surface area contributed by atoms with Gasteiger partial charge in [0.05, 0.1) is 5.02 Å². The molecule has 0 heterocycles. The van der Waals surface area contributed by atoms with Crippen molar-refractivity contribution in [3.05, 3.63) is 58.4 Å². The summed E-state index contributed by atoms with van der Waals surface area (Å²) in [6.07, 6.45) is 0. The minimum atomic E-state index is -0.209. The van der Waals surface area contributed by atoms with Crippen LogP contribution in [0.25, 0.3) is 0 Å². The second-order valence-corrected chi connectivity index (χ2v) is 5.47. The molecule has 2 rings (SSSR count). The molecule has 0 aliphatic rings. The van der Waals surface area contributed by atoms with Crippen molar-refractivity contribution in [2.45, 2.75) is 17.6 Å². The van der Waals surface area contributed by atoms with Gasteiger partial charge in [0, 0.05) is 16.3 Å². The van der Waals surface area contributed by atoms with Crippen molar-refractivity contribution in [3.63, 3.8) is 0 Å². The van der Waals surface area contributed by atoms with Gasteiger partial charge in [-0.2, -0.15) is 0 Å². The number of rotatable bonds is 3. The lowest BCUT2D eigenvalue weighted by Gasteiger charge is -2.07. The van der Waals surface area contributed by atoms with Crippen LogP contribution in [0, 0.1) is 12.7 Å². The maximum Gasteiger partial charge on any atom is 0.123 e. The smallest absolute Gasteiger partial charge is 0.123 e. The van der Waals surface area contributed by atoms with E-state index in [1.165, 1.54) is 6.07 Å². The number of anilines is 1. The molecular formula is C14H13ClFNS. The van der Waals surface area contributed by atoms with Crippen molar-refractivity contribution < 1.29 is 4.39 Å². The minimum absolute atomic E-state index is 0.209. The molecule has 0 aliphatic carbocycles. The van der Waals surface area contributed by atoms with E-state index in [-0.39, 0.29) is 5.82 Å². The first kappa shape index (κ1) is 13.2. The third-order valence-electron chi connectivity index (χ3n) is 2.65. The van der Waals surface area contributed by atoms with E-state index in [0.717, 1.165) is 16.0 Å². The topological polar surface area (TPSA) is 26.0 Å². The molecule has 0 unspecified atom stereocenters. The summed E-state index contributed by atoms with van der Waals surface area (Å²) in [5.74, 6) is 0.479. The van der Waals surface area contributed by atoms with Crippen molar-refractivity contribution >= 4 is 29.1 Å². The lowest BCUT2D eigenvalue weighted by molar-refractivity contribution is 0.626. The number of aryl methyl sites for hydroxylation is 1. The van der Waals surface area contributed by atoms with E-state index in [9.17, 15) is 4.39 Å². The van der Waals surface area contributed by atoms with E-state index in [1.807, 2.05) is 19.1 Å². The van der Waals surface area contributed by atoms with Gasteiger partial charge < -0.3 is 5.73 Å². The highest BCUT2D eigenvalue weighted by atomic mass is 35.5. The maximum atomic E-state index is 13.2. The van der Waals surface area contributed by atoms with Crippen LogP contribution in [0.15, 0.2) is 41.3 Å². The second-order valence-electron chi connectivity index (χ2n) is 4.05. The Kier molecular flexibility index (Phi) is 4.15. The summed E-state index contributed by atoms with van der Waals surface area (Å²) in [5.41, 5.74) is 8.34. The molecule has 0 bridgehead atoms. The SMILES string of the molecule is Cc1ccc(F)cc1CSc1ccc(N)cc1Cl. The molecule has 94 valence electrons. The van der Waals surface area contributed by atoms with Gasteiger partial charge in [-0.25, -0.2) is 4.39 Å². The fourth-order valence-electron chi connectivity index (χ4n) is 1.59. The standard InChI is InChI=1S/C14H13ClFNS/c1-9-2-3-11(16)6-10(9)8-18-14-5-4-12(17)7-13(14)15/h2-7H,8,17H2,1H3. The zero-order chi connectivity index (χ0) is 13.1. The van der Waals surface area contributed by atoms with E-state index in [4.69, 9.17) is 17.3 Å². The molecule has 0 atom stereocenters. The van der Waals surface area contributed by atoms with Crippen molar-refractivity contribution in [3.8, 4) is 0 Å².